The largest absolute Gasteiger partial charge is 0.466 e. The Bertz CT molecular complexity index is 824. The maximum Gasteiger partial charge on any atom is 0.312 e. The lowest BCUT2D eigenvalue weighted by molar-refractivity contribution is -0.157. The van der Waals surface area contributed by atoms with E-state index >= 15 is 0 Å². The maximum atomic E-state index is 14.4. The molecule has 1 N–H and O–H groups in total. The van der Waals surface area contributed by atoms with Gasteiger partial charge in [-0.2, -0.15) is 0 Å². The number of fused-ring (bicyclic) bond motifs is 1. The topological polar surface area (TPSA) is 96.4 Å². The number of hydrogen-bond acceptors (Lipinski definition) is 6. The van der Waals surface area contributed by atoms with Crippen molar-refractivity contribution in [3.05, 3.63) is 12.7 Å². The maximum absolute atomic E-state index is 14.4. The molecule has 3 heterocycles. The van der Waals surface area contributed by atoms with E-state index in [0.29, 0.717) is 13.0 Å². The van der Waals surface area contributed by atoms with Crippen LogP contribution in [0.4, 0.5) is 0 Å². The van der Waals surface area contributed by atoms with Crippen LogP contribution >= 0.6 is 15.9 Å². The van der Waals surface area contributed by atoms with Crippen LogP contribution in [0.25, 0.3) is 0 Å². The molecular formula is C26H41BrN2O6. The van der Waals surface area contributed by atoms with E-state index in [4.69, 9.17) is 9.47 Å². The van der Waals surface area contributed by atoms with Gasteiger partial charge in [0.1, 0.15) is 11.6 Å². The molecule has 0 aromatic rings. The number of carbonyl (C=O) groups is 3. The molecule has 3 saturated heterocycles. The highest BCUT2D eigenvalue weighted by molar-refractivity contribution is 9.09. The zero-order valence-electron chi connectivity index (χ0n) is 21.6. The minimum Gasteiger partial charge on any atom is -0.466 e. The van der Waals surface area contributed by atoms with Crippen LogP contribution in [-0.4, -0.2) is 87.1 Å². The Labute approximate surface area is 217 Å². The number of aliphatic hydroxyl groups excluding tert-OH is 1. The number of ether oxygens (including phenoxy) is 2. The van der Waals surface area contributed by atoms with Gasteiger partial charge in [0.2, 0.25) is 11.8 Å². The van der Waals surface area contributed by atoms with Crippen LogP contribution in [-0.2, 0) is 23.9 Å². The number of hydrogen-bond donors (Lipinski definition) is 1. The molecule has 0 radical (unpaired) electrons. The van der Waals surface area contributed by atoms with Gasteiger partial charge < -0.3 is 24.4 Å². The number of alkyl halides is 1. The number of aliphatic hydroxyl groups is 1. The first-order valence-corrected chi connectivity index (χ1v) is 13.9. The summed E-state index contributed by atoms with van der Waals surface area (Å²) in [6, 6.07) is -1.56. The van der Waals surface area contributed by atoms with Crippen molar-refractivity contribution in [1.29, 1.82) is 0 Å². The summed E-state index contributed by atoms with van der Waals surface area (Å²) in [6.07, 6.45) is 4.02. The Morgan fingerprint density at radius 1 is 1.37 bits per heavy atom. The van der Waals surface area contributed by atoms with Crippen LogP contribution in [0, 0.1) is 17.8 Å². The molecule has 2 amide bonds. The minimum absolute atomic E-state index is 0.0478. The molecule has 9 atom stereocenters. The van der Waals surface area contributed by atoms with Crippen molar-refractivity contribution >= 4 is 33.7 Å². The van der Waals surface area contributed by atoms with Gasteiger partial charge in [0, 0.05) is 17.4 Å². The quantitative estimate of drug-likeness (QED) is 0.225. The second-order valence-electron chi connectivity index (χ2n) is 10.2. The molecule has 3 fully saturated rings. The third-order valence-electron chi connectivity index (χ3n) is 8.21. The lowest BCUT2D eigenvalue weighted by Crippen LogP contribution is -2.61. The average molecular weight is 558 g/mol. The molecule has 0 saturated carbocycles. The van der Waals surface area contributed by atoms with E-state index in [9.17, 15) is 19.5 Å². The van der Waals surface area contributed by atoms with Crippen molar-refractivity contribution in [2.24, 2.45) is 17.8 Å². The minimum atomic E-state index is -1.16. The SMILES string of the molecule is C=CCN(C(=O)C1N([C@@H](CO)[C@@H](C)CC)C(=O)[C@@H]2[C@H](C(=O)OCC)[C@H]3OC12CC3Br)C(C)CCC. The molecule has 9 heteroatoms. The molecule has 3 rings (SSSR count). The van der Waals surface area contributed by atoms with Crippen molar-refractivity contribution < 1.29 is 29.0 Å². The fourth-order valence-electron chi connectivity index (χ4n) is 6.38. The van der Waals surface area contributed by atoms with Gasteiger partial charge >= 0.3 is 5.97 Å². The van der Waals surface area contributed by atoms with E-state index < -0.39 is 41.6 Å². The molecule has 0 aromatic carbocycles. The zero-order valence-corrected chi connectivity index (χ0v) is 23.2. The van der Waals surface area contributed by atoms with Gasteiger partial charge in [0.25, 0.3) is 0 Å². The van der Waals surface area contributed by atoms with Gasteiger partial charge in [0.15, 0.2) is 0 Å². The summed E-state index contributed by atoms with van der Waals surface area (Å²) in [5, 5.41) is 10.4. The first-order chi connectivity index (χ1) is 16.6. The first kappa shape index (κ1) is 28.1. The standard InChI is InChI=1S/C26H41BrN2O6/c1-7-11-16(6)28(12-8-2)24(32)22-26-13-17(27)21(35-26)19(25(33)34-10-4)20(26)23(31)29(22)18(14-30)15(5)9-3/h8,15-22,30H,2,7,9-14H2,1,3-6H3/t15-,16?,17?,18-,19-,20-,21-,22?,26?/m0/s1. The van der Waals surface area contributed by atoms with Gasteiger partial charge in [-0.1, -0.05) is 55.6 Å². The molecule has 2 bridgehead atoms. The summed E-state index contributed by atoms with van der Waals surface area (Å²) < 4.78 is 11.9. The van der Waals surface area contributed by atoms with Crippen LogP contribution in [0.1, 0.15) is 60.3 Å². The van der Waals surface area contributed by atoms with Crippen molar-refractivity contribution in [3.63, 3.8) is 0 Å². The molecule has 198 valence electrons. The lowest BCUT2D eigenvalue weighted by atomic mass is 9.70. The fourth-order valence-corrected chi connectivity index (χ4v) is 7.33. The molecular weight excluding hydrogens is 516 g/mol. The van der Waals surface area contributed by atoms with Crippen molar-refractivity contribution in [3.8, 4) is 0 Å². The third kappa shape index (κ3) is 4.57. The van der Waals surface area contributed by atoms with E-state index in [-0.39, 0.29) is 41.8 Å². The van der Waals surface area contributed by atoms with E-state index in [1.807, 2.05) is 20.8 Å². The third-order valence-corrected chi connectivity index (χ3v) is 9.06. The molecule has 0 aliphatic carbocycles. The summed E-state index contributed by atoms with van der Waals surface area (Å²) in [5.74, 6) is -2.65. The van der Waals surface area contributed by atoms with E-state index in [0.717, 1.165) is 19.3 Å². The zero-order chi connectivity index (χ0) is 26.1. The van der Waals surface area contributed by atoms with Crippen LogP contribution in [0.5, 0.6) is 0 Å². The predicted molar refractivity (Wildman–Crippen MR) is 136 cm³/mol. The monoisotopic (exact) mass is 556 g/mol. The van der Waals surface area contributed by atoms with Crippen LogP contribution in [0.2, 0.25) is 0 Å². The molecule has 8 nitrogen and oxygen atoms in total. The number of nitrogens with zero attached hydrogens (tertiary/aromatic N) is 2. The Morgan fingerprint density at radius 3 is 2.60 bits per heavy atom. The van der Waals surface area contributed by atoms with Crippen LogP contribution in [0.15, 0.2) is 12.7 Å². The van der Waals surface area contributed by atoms with Crippen molar-refractivity contribution in [1.82, 2.24) is 9.80 Å². The normalized spacial score (nSPS) is 33.9. The Hall–Kier alpha value is -1.45. The smallest absolute Gasteiger partial charge is 0.312 e. The Kier molecular flexibility index (Phi) is 9.08. The molecule has 4 unspecified atom stereocenters. The van der Waals surface area contributed by atoms with Gasteiger partial charge in [-0.05, 0) is 32.6 Å². The van der Waals surface area contributed by atoms with Gasteiger partial charge in [-0.3, -0.25) is 14.4 Å². The number of halogens is 1. The Morgan fingerprint density at radius 2 is 2.06 bits per heavy atom. The second-order valence-corrected chi connectivity index (χ2v) is 11.4. The van der Waals surface area contributed by atoms with Gasteiger partial charge in [-0.25, -0.2) is 0 Å². The van der Waals surface area contributed by atoms with E-state index in [1.165, 1.54) is 0 Å². The number of likely N-dealkylation sites (tertiary alicyclic amines) is 1. The summed E-state index contributed by atoms with van der Waals surface area (Å²) in [5.41, 5.74) is -1.16. The number of carbonyl (C=O) groups excluding carboxylic acids is 3. The summed E-state index contributed by atoms with van der Waals surface area (Å²) in [4.78, 5) is 44.7. The highest BCUT2D eigenvalue weighted by atomic mass is 79.9. The summed E-state index contributed by atoms with van der Waals surface area (Å²) >= 11 is 3.67. The van der Waals surface area contributed by atoms with Gasteiger partial charge in [0.05, 0.1) is 37.2 Å². The highest BCUT2D eigenvalue weighted by Gasteiger charge is 2.77. The second kappa shape index (κ2) is 11.3. The lowest BCUT2D eigenvalue weighted by Gasteiger charge is -2.42. The molecule has 35 heavy (non-hydrogen) atoms. The fraction of sp³-hybridized carbons (Fsp3) is 0.808. The van der Waals surface area contributed by atoms with Crippen molar-refractivity contribution in [2.45, 2.75) is 95.0 Å². The van der Waals surface area contributed by atoms with Crippen molar-refractivity contribution in [2.75, 3.05) is 19.8 Å². The highest BCUT2D eigenvalue weighted by Crippen LogP contribution is 2.61. The summed E-state index contributed by atoms with van der Waals surface area (Å²) in [6.45, 7) is 13.9. The molecule has 3 aliphatic rings. The number of amides is 2. The van der Waals surface area contributed by atoms with Gasteiger partial charge in [-0.15, -0.1) is 6.58 Å². The van der Waals surface area contributed by atoms with Crippen LogP contribution < -0.4 is 0 Å². The molecule has 1 spiro atoms. The Balaban J connectivity index is 2.15. The van der Waals surface area contributed by atoms with E-state index in [2.05, 4.69) is 29.4 Å². The van der Waals surface area contributed by atoms with E-state index in [1.54, 1.807) is 22.8 Å². The molecule has 3 aliphatic heterocycles. The first-order valence-electron chi connectivity index (χ1n) is 13.0. The average Bonchev–Trinajstić information content (AvgIpc) is 3.41. The molecule has 0 aromatic heterocycles. The number of rotatable bonds is 12. The predicted octanol–water partition coefficient (Wildman–Crippen LogP) is 2.91. The number of esters is 1. The van der Waals surface area contributed by atoms with Crippen LogP contribution in [0.3, 0.4) is 0 Å². The summed E-state index contributed by atoms with van der Waals surface area (Å²) in [7, 11) is 0.